The molecule has 0 saturated carbocycles. The summed E-state index contributed by atoms with van der Waals surface area (Å²) in [6.07, 6.45) is 0. The first-order valence-electron chi connectivity index (χ1n) is 7.12. The molecular formula is C17H15BrClN3O. The van der Waals surface area contributed by atoms with E-state index in [4.69, 9.17) is 16.0 Å². The number of benzene rings is 2. The van der Waals surface area contributed by atoms with E-state index < -0.39 is 0 Å². The Hall–Kier alpha value is -1.69. The Morgan fingerprint density at radius 3 is 2.70 bits per heavy atom. The van der Waals surface area contributed by atoms with Gasteiger partial charge in [-0.25, -0.2) is 0 Å². The van der Waals surface area contributed by atoms with Gasteiger partial charge in [-0.2, -0.15) is 0 Å². The molecule has 0 aliphatic rings. The normalized spacial score (nSPS) is 11.1. The molecule has 118 valence electrons. The maximum Gasteiger partial charge on any atom is 0.248 e. The van der Waals surface area contributed by atoms with E-state index in [1.165, 1.54) is 0 Å². The van der Waals surface area contributed by atoms with Gasteiger partial charge in [-0.15, -0.1) is 10.2 Å². The molecule has 3 rings (SSSR count). The fourth-order valence-electron chi connectivity index (χ4n) is 2.29. The third-order valence-corrected chi connectivity index (χ3v) is 4.24. The van der Waals surface area contributed by atoms with Crippen LogP contribution in [0.15, 0.2) is 57.4 Å². The molecule has 0 amide bonds. The van der Waals surface area contributed by atoms with Crippen LogP contribution in [0.1, 0.15) is 11.5 Å². The van der Waals surface area contributed by atoms with E-state index in [1.807, 2.05) is 55.6 Å². The van der Waals surface area contributed by atoms with E-state index in [9.17, 15) is 0 Å². The van der Waals surface area contributed by atoms with Gasteiger partial charge in [-0.1, -0.05) is 35.9 Å². The molecule has 1 aromatic heterocycles. The zero-order valence-electron chi connectivity index (χ0n) is 12.5. The number of hydrogen-bond acceptors (Lipinski definition) is 4. The van der Waals surface area contributed by atoms with Gasteiger partial charge in [0.2, 0.25) is 11.8 Å². The highest BCUT2D eigenvalue weighted by molar-refractivity contribution is 9.10. The van der Waals surface area contributed by atoms with Crippen molar-refractivity contribution in [2.24, 2.45) is 0 Å². The highest BCUT2D eigenvalue weighted by Crippen LogP contribution is 2.26. The van der Waals surface area contributed by atoms with E-state index in [-0.39, 0.29) is 0 Å². The van der Waals surface area contributed by atoms with Gasteiger partial charge in [-0.05, 0) is 52.8 Å². The predicted molar refractivity (Wildman–Crippen MR) is 94.1 cm³/mol. The van der Waals surface area contributed by atoms with Crippen molar-refractivity contribution in [2.45, 2.75) is 13.1 Å². The van der Waals surface area contributed by atoms with Crippen molar-refractivity contribution in [3.05, 3.63) is 69.5 Å². The molecule has 0 spiro atoms. The molecule has 0 fully saturated rings. The van der Waals surface area contributed by atoms with Gasteiger partial charge in [0.05, 0.1) is 12.1 Å². The Bertz CT molecular complexity index is 806. The van der Waals surface area contributed by atoms with Crippen molar-refractivity contribution >= 4 is 27.5 Å². The Labute approximate surface area is 148 Å². The van der Waals surface area contributed by atoms with Crippen LogP contribution in [-0.2, 0) is 13.1 Å². The van der Waals surface area contributed by atoms with E-state index >= 15 is 0 Å². The number of halogens is 2. The standard InChI is InChI=1S/C17H15BrClN3O/c1-22(10-12-5-4-6-13(19)9-12)11-16-20-21-17(23-16)14-7-2-3-8-15(14)18/h2-9H,10-11H2,1H3. The molecule has 0 N–H and O–H groups in total. The van der Waals surface area contributed by atoms with Crippen LogP contribution in [0.2, 0.25) is 5.02 Å². The highest BCUT2D eigenvalue weighted by atomic mass is 79.9. The van der Waals surface area contributed by atoms with Gasteiger partial charge < -0.3 is 4.42 Å². The molecule has 2 aromatic carbocycles. The molecule has 0 aliphatic carbocycles. The maximum atomic E-state index is 6.01. The summed E-state index contributed by atoms with van der Waals surface area (Å²) in [6, 6.07) is 15.6. The molecule has 23 heavy (non-hydrogen) atoms. The van der Waals surface area contributed by atoms with Crippen LogP contribution < -0.4 is 0 Å². The van der Waals surface area contributed by atoms with E-state index in [2.05, 4.69) is 31.0 Å². The first-order valence-corrected chi connectivity index (χ1v) is 8.29. The van der Waals surface area contributed by atoms with Gasteiger partial charge in [0.1, 0.15) is 0 Å². The van der Waals surface area contributed by atoms with E-state index in [0.717, 1.165) is 27.2 Å². The SMILES string of the molecule is CN(Cc1cccc(Cl)c1)Cc1nnc(-c2ccccc2Br)o1. The predicted octanol–water partition coefficient (Wildman–Crippen LogP) is 4.78. The lowest BCUT2D eigenvalue weighted by Crippen LogP contribution is -2.17. The Morgan fingerprint density at radius 1 is 1.09 bits per heavy atom. The summed E-state index contributed by atoms with van der Waals surface area (Å²) in [6.45, 7) is 1.33. The molecule has 0 aliphatic heterocycles. The molecule has 0 saturated heterocycles. The zero-order chi connectivity index (χ0) is 16.2. The average Bonchev–Trinajstić information content (AvgIpc) is 2.95. The van der Waals surface area contributed by atoms with E-state index in [1.54, 1.807) is 0 Å². The number of hydrogen-bond donors (Lipinski definition) is 0. The van der Waals surface area contributed by atoms with Gasteiger partial charge in [-0.3, -0.25) is 4.90 Å². The van der Waals surface area contributed by atoms with Gasteiger partial charge >= 0.3 is 0 Å². The third-order valence-electron chi connectivity index (χ3n) is 3.32. The number of rotatable bonds is 5. The van der Waals surface area contributed by atoms with Gasteiger partial charge in [0.25, 0.3) is 0 Å². The molecule has 0 unspecified atom stereocenters. The number of aromatic nitrogens is 2. The lowest BCUT2D eigenvalue weighted by molar-refractivity contribution is 0.283. The monoisotopic (exact) mass is 391 g/mol. The molecule has 0 bridgehead atoms. The molecule has 6 heteroatoms. The minimum Gasteiger partial charge on any atom is -0.419 e. The summed E-state index contributed by atoms with van der Waals surface area (Å²) in [4.78, 5) is 2.10. The van der Waals surface area contributed by atoms with Gasteiger partial charge in [0, 0.05) is 16.0 Å². The van der Waals surface area contributed by atoms with Crippen LogP contribution in [0.5, 0.6) is 0 Å². The lowest BCUT2D eigenvalue weighted by atomic mass is 10.2. The van der Waals surface area contributed by atoms with Crippen LogP contribution >= 0.6 is 27.5 Å². The van der Waals surface area contributed by atoms with E-state index in [0.29, 0.717) is 18.3 Å². The second kappa shape index (κ2) is 7.25. The van der Waals surface area contributed by atoms with Crippen LogP contribution in [0.4, 0.5) is 0 Å². The smallest absolute Gasteiger partial charge is 0.248 e. The largest absolute Gasteiger partial charge is 0.419 e. The second-order valence-corrected chi connectivity index (χ2v) is 6.57. The zero-order valence-corrected chi connectivity index (χ0v) is 14.9. The first kappa shape index (κ1) is 16.2. The van der Waals surface area contributed by atoms with Crippen molar-refractivity contribution in [3.63, 3.8) is 0 Å². The minimum atomic E-state index is 0.517. The lowest BCUT2D eigenvalue weighted by Gasteiger charge is -2.14. The summed E-state index contributed by atoms with van der Waals surface area (Å²) in [5.74, 6) is 1.10. The first-order chi connectivity index (χ1) is 11.1. The van der Waals surface area contributed by atoms with Gasteiger partial charge in [0.15, 0.2) is 0 Å². The molecule has 4 nitrogen and oxygen atoms in total. The summed E-state index contributed by atoms with van der Waals surface area (Å²) in [5.41, 5.74) is 2.04. The Morgan fingerprint density at radius 2 is 1.91 bits per heavy atom. The summed E-state index contributed by atoms with van der Waals surface area (Å²) < 4.78 is 6.70. The van der Waals surface area contributed by atoms with Crippen LogP contribution in [0, 0.1) is 0 Å². The highest BCUT2D eigenvalue weighted by Gasteiger charge is 2.13. The third kappa shape index (κ3) is 4.19. The molecule has 0 atom stereocenters. The molecule has 3 aromatic rings. The molecular weight excluding hydrogens is 378 g/mol. The van der Waals surface area contributed by atoms with Crippen LogP contribution in [0.25, 0.3) is 11.5 Å². The maximum absolute atomic E-state index is 6.01. The molecule has 1 heterocycles. The average molecular weight is 393 g/mol. The fourth-order valence-corrected chi connectivity index (χ4v) is 2.96. The van der Waals surface area contributed by atoms with Crippen molar-refractivity contribution in [3.8, 4) is 11.5 Å². The summed E-state index contributed by atoms with van der Waals surface area (Å²) >= 11 is 9.50. The second-order valence-electron chi connectivity index (χ2n) is 5.28. The van der Waals surface area contributed by atoms with Crippen LogP contribution in [-0.4, -0.2) is 22.1 Å². The van der Waals surface area contributed by atoms with Crippen molar-refractivity contribution < 1.29 is 4.42 Å². The topological polar surface area (TPSA) is 42.2 Å². The fraction of sp³-hybridized carbons (Fsp3) is 0.176. The Balaban J connectivity index is 1.68. The van der Waals surface area contributed by atoms with Crippen molar-refractivity contribution in [1.82, 2.24) is 15.1 Å². The summed E-state index contributed by atoms with van der Waals surface area (Å²) in [7, 11) is 2.00. The summed E-state index contributed by atoms with van der Waals surface area (Å²) in [5, 5.41) is 9.00. The minimum absolute atomic E-state index is 0.517. The van der Waals surface area contributed by atoms with Crippen LogP contribution in [0.3, 0.4) is 0 Å². The Kier molecular flexibility index (Phi) is 5.10. The van der Waals surface area contributed by atoms with Crippen molar-refractivity contribution in [1.29, 1.82) is 0 Å². The quantitative estimate of drug-likeness (QED) is 0.626. The molecule has 0 radical (unpaired) electrons. The van der Waals surface area contributed by atoms with Crippen molar-refractivity contribution in [2.75, 3.05) is 7.05 Å². The number of nitrogens with zero attached hydrogens (tertiary/aromatic N) is 3.